The fraction of sp³-hybridized carbons (Fsp3) is 0.939. The Balaban J connectivity index is 1.26. The minimum atomic E-state index is -0.772. The smallest absolute Gasteiger partial charge is 0.306 e. The molecular formula is C49H89NO7. The van der Waals surface area contributed by atoms with Gasteiger partial charge < -0.3 is 23.8 Å². The van der Waals surface area contributed by atoms with Gasteiger partial charge in [0.2, 0.25) is 0 Å². The van der Waals surface area contributed by atoms with E-state index in [0.29, 0.717) is 25.7 Å². The summed E-state index contributed by atoms with van der Waals surface area (Å²) in [4.78, 5) is 40.4. The summed E-state index contributed by atoms with van der Waals surface area (Å²) < 4.78 is 23.2. The first-order chi connectivity index (χ1) is 27.8. The first-order valence-electron chi connectivity index (χ1n) is 24.6. The Bertz CT molecular complexity index is 1050. The molecule has 1 saturated heterocycles. The second-order valence-corrected chi connectivity index (χ2v) is 18.7. The number of carbonyl (C=O) groups excluding carboxylic acids is 3. The maximum Gasteiger partial charge on any atom is 0.306 e. The van der Waals surface area contributed by atoms with Crippen molar-refractivity contribution in [3.05, 3.63) is 0 Å². The molecule has 3 aliphatic rings. The van der Waals surface area contributed by atoms with Gasteiger partial charge in [0, 0.05) is 19.3 Å². The van der Waals surface area contributed by atoms with Crippen molar-refractivity contribution in [1.29, 1.82) is 0 Å². The average molecular weight is 804 g/mol. The lowest BCUT2D eigenvalue weighted by atomic mass is 10.0. The van der Waals surface area contributed by atoms with Crippen LogP contribution in [0.15, 0.2) is 0 Å². The van der Waals surface area contributed by atoms with Crippen LogP contribution in [0.1, 0.15) is 219 Å². The molecule has 2 saturated carbocycles. The Morgan fingerprint density at radius 1 is 0.509 bits per heavy atom. The lowest BCUT2D eigenvalue weighted by Gasteiger charge is -2.23. The average Bonchev–Trinajstić information content (AvgIpc) is 4.09. The number of unbranched alkanes of at least 4 members (excludes halogenated alkanes) is 18. The van der Waals surface area contributed by atoms with Gasteiger partial charge in [-0.2, -0.15) is 0 Å². The first-order valence-corrected chi connectivity index (χ1v) is 24.6. The molecular weight excluding hydrogens is 715 g/mol. The summed E-state index contributed by atoms with van der Waals surface area (Å²) in [5.41, 5.74) is 0. The predicted molar refractivity (Wildman–Crippen MR) is 232 cm³/mol. The minimum Gasteiger partial charge on any atom is -0.463 e. The SMILES string of the molecule is CCCCCCCCC1CC1CCCCCCCC(=O)O[C@@H]1[C@@H](OC(=O)CCCCCCCC2CC2CCCCCCCC)CO[C@@H]1COC(=O)CCCN(C)C. The molecule has 0 aromatic heterocycles. The van der Waals surface area contributed by atoms with Crippen molar-refractivity contribution in [2.24, 2.45) is 23.7 Å². The lowest BCUT2D eigenvalue weighted by Crippen LogP contribution is -2.40. The summed E-state index contributed by atoms with van der Waals surface area (Å²) in [5, 5.41) is 0. The molecule has 0 amide bonds. The summed E-state index contributed by atoms with van der Waals surface area (Å²) >= 11 is 0. The van der Waals surface area contributed by atoms with Gasteiger partial charge in [-0.05, 0) is 76.4 Å². The Morgan fingerprint density at radius 2 is 0.912 bits per heavy atom. The van der Waals surface area contributed by atoms with Gasteiger partial charge in [0.1, 0.15) is 12.7 Å². The summed E-state index contributed by atoms with van der Waals surface area (Å²) in [6.45, 7) is 5.47. The van der Waals surface area contributed by atoms with Crippen LogP contribution in [0.4, 0.5) is 0 Å². The summed E-state index contributed by atoms with van der Waals surface area (Å²) in [6.07, 6.45) is 35.8. The monoisotopic (exact) mass is 804 g/mol. The van der Waals surface area contributed by atoms with Gasteiger partial charge in [0.15, 0.2) is 12.2 Å². The molecule has 2 aliphatic carbocycles. The third-order valence-electron chi connectivity index (χ3n) is 13.1. The molecule has 0 aromatic carbocycles. The van der Waals surface area contributed by atoms with Crippen molar-refractivity contribution in [3.63, 3.8) is 0 Å². The van der Waals surface area contributed by atoms with E-state index in [0.717, 1.165) is 68.7 Å². The Hall–Kier alpha value is -1.67. The molecule has 0 aromatic rings. The minimum absolute atomic E-state index is 0.0196. The molecule has 1 heterocycles. The van der Waals surface area contributed by atoms with Crippen LogP contribution >= 0.6 is 0 Å². The largest absolute Gasteiger partial charge is 0.463 e. The topological polar surface area (TPSA) is 91.4 Å². The van der Waals surface area contributed by atoms with E-state index in [9.17, 15) is 14.4 Å². The quantitative estimate of drug-likeness (QED) is 0.0346. The zero-order chi connectivity index (χ0) is 40.9. The highest BCUT2D eigenvalue weighted by Gasteiger charge is 2.43. The highest BCUT2D eigenvalue weighted by molar-refractivity contribution is 5.71. The number of hydrogen-bond donors (Lipinski definition) is 0. The van der Waals surface area contributed by atoms with Crippen LogP contribution in [0.5, 0.6) is 0 Å². The third-order valence-corrected chi connectivity index (χ3v) is 13.1. The molecule has 8 nitrogen and oxygen atoms in total. The van der Waals surface area contributed by atoms with Gasteiger partial charge >= 0.3 is 17.9 Å². The van der Waals surface area contributed by atoms with Crippen LogP contribution < -0.4 is 0 Å². The highest BCUT2D eigenvalue weighted by atomic mass is 16.6. The van der Waals surface area contributed by atoms with E-state index in [2.05, 4.69) is 13.8 Å². The maximum atomic E-state index is 13.0. The van der Waals surface area contributed by atoms with Crippen LogP contribution in [0, 0.1) is 23.7 Å². The zero-order valence-electron chi connectivity index (χ0n) is 37.6. The van der Waals surface area contributed by atoms with Crippen molar-refractivity contribution >= 4 is 17.9 Å². The molecule has 0 bridgehead atoms. The van der Waals surface area contributed by atoms with Crippen LogP contribution in [0.3, 0.4) is 0 Å². The number of hydrogen-bond acceptors (Lipinski definition) is 8. The molecule has 3 rings (SSSR count). The van der Waals surface area contributed by atoms with E-state index in [1.807, 2.05) is 19.0 Å². The second kappa shape index (κ2) is 31.2. The van der Waals surface area contributed by atoms with Crippen LogP contribution in [0.2, 0.25) is 0 Å². The number of nitrogens with zero attached hydrogens (tertiary/aromatic N) is 1. The van der Waals surface area contributed by atoms with E-state index >= 15 is 0 Å². The fourth-order valence-corrected chi connectivity index (χ4v) is 9.09. The number of carbonyl (C=O) groups is 3. The number of ether oxygens (including phenoxy) is 4. The number of esters is 3. The van der Waals surface area contributed by atoms with Crippen LogP contribution in [0.25, 0.3) is 0 Å². The third kappa shape index (κ3) is 24.2. The molecule has 332 valence electrons. The van der Waals surface area contributed by atoms with E-state index in [1.54, 1.807) is 0 Å². The van der Waals surface area contributed by atoms with E-state index in [4.69, 9.17) is 18.9 Å². The van der Waals surface area contributed by atoms with Gasteiger partial charge in [0.25, 0.3) is 0 Å². The molecule has 0 radical (unpaired) electrons. The Labute approximate surface area is 350 Å². The number of rotatable bonds is 38. The zero-order valence-corrected chi connectivity index (χ0v) is 37.6. The fourth-order valence-electron chi connectivity index (χ4n) is 9.09. The normalized spacial score (nSPS) is 23.8. The van der Waals surface area contributed by atoms with Crippen molar-refractivity contribution in [3.8, 4) is 0 Å². The van der Waals surface area contributed by atoms with Gasteiger partial charge in [-0.15, -0.1) is 0 Å². The van der Waals surface area contributed by atoms with Crippen molar-refractivity contribution in [1.82, 2.24) is 4.90 Å². The van der Waals surface area contributed by atoms with E-state index in [1.165, 1.54) is 141 Å². The molecule has 1 aliphatic heterocycles. The molecule has 7 atom stereocenters. The second-order valence-electron chi connectivity index (χ2n) is 18.7. The van der Waals surface area contributed by atoms with Crippen molar-refractivity contribution in [2.75, 3.05) is 33.9 Å². The van der Waals surface area contributed by atoms with Crippen LogP contribution in [-0.2, 0) is 33.3 Å². The summed E-state index contributed by atoms with van der Waals surface area (Å²) in [6, 6.07) is 0. The molecule has 0 spiro atoms. The predicted octanol–water partition coefficient (Wildman–Crippen LogP) is 12.3. The lowest BCUT2D eigenvalue weighted by molar-refractivity contribution is -0.168. The van der Waals surface area contributed by atoms with Crippen molar-refractivity contribution in [2.45, 2.75) is 238 Å². The Kier molecular flexibility index (Phi) is 27.2. The standard InChI is InChI=1S/C49H89NO7/c1-5-7-9-11-15-21-28-40-36-42(40)30-23-17-13-19-25-32-47(52)56-45-39-54-44(38-55-46(51)34-27-35-50(3)4)49(45)57-48(53)33-26-20-14-18-24-31-43-37-41(43)29-22-16-12-10-8-6-2/h40-45,49H,5-39H2,1-4H3/t40?,41?,42?,43?,44-,45+,49+/m1/s1. The van der Waals surface area contributed by atoms with E-state index < -0.39 is 18.3 Å². The molecule has 3 fully saturated rings. The van der Waals surface area contributed by atoms with Gasteiger partial charge in [-0.1, -0.05) is 168 Å². The first kappa shape index (κ1) is 49.7. The van der Waals surface area contributed by atoms with Gasteiger partial charge in [-0.25, -0.2) is 0 Å². The molecule has 57 heavy (non-hydrogen) atoms. The summed E-state index contributed by atoms with van der Waals surface area (Å²) in [7, 11) is 3.95. The highest BCUT2D eigenvalue weighted by Crippen LogP contribution is 2.46. The van der Waals surface area contributed by atoms with E-state index in [-0.39, 0.29) is 31.1 Å². The maximum absolute atomic E-state index is 13.0. The van der Waals surface area contributed by atoms with Crippen LogP contribution in [-0.4, -0.2) is 75.0 Å². The molecule has 4 unspecified atom stereocenters. The van der Waals surface area contributed by atoms with Gasteiger partial charge in [-0.3, -0.25) is 14.4 Å². The molecule has 8 heteroatoms. The van der Waals surface area contributed by atoms with Gasteiger partial charge in [0.05, 0.1) is 6.61 Å². The summed E-state index contributed by atoms with van der Waals surface area (Å²) in [5.74, 6) is 3.04. The molecule has 0 N–H and O–H groups in total. The van der Waals surface area contributed by atoms with Crippen molar-refractivity contribution < 1.29 is 33.3 Å². The Morgan fingerprint density at radius 3 is 1.37 bits per heavy atom.